The van der Waals surface area contributed by atoms with E-state index < -0.39 is 0 Å². The number of nitrogens with zero attached hydrogens (tertiary/aromatic N) is 2. The molecule has 2 N–H and O–H groups in total. The predicted molar refractivity (Wildman–Crippen MR) is 84.5 cm³/mol. The maximum Gasteiger partial charge on any atom is 0.245 e. The summed E-state index contributed by atoms with van der Waals surface area (Å²) in [6.07, 6.45) is 1.84. The number of nitrogens with one attached hydrogen (secondary N) is 2. The highest BCUT2D eigenvalue weighted by molar-refractivity contribution is 6.11. The lowest BCUT2D eigenvalue weighted by molar-refractivity contribution is -0.119. The van der Waals surface area contributed by atoms with Crippen LogP contribution in [0.2, 0.25) is 0 Å². The molecule has 110 valence electrons. The molecule has 0 atom stereocenters. The SMILES string of the molecule is O=C1CC(CC(=O)N/N=C/c2cccc3ccccc23)=NN1. The van der Waals surface area contributed by atoms with E-state index in [0.29, 0.717) is 5.71 Å². The Balaban J connectivity index is 1.64. The zero-order valence-corrected chi connectivity index (χ0v) is 11.7. The molecule has 0 saturated heterocycles. The largest absolute Gasteiger partial charge is 0.273 e. The third kappa shape index (κ3) is 3.17. The van der Waals surface area contributed by atoms with Gasteiger partial charge < -0.3 is 0 Å². The fraction of sp³-hybridized carbons (Fsp3) is 0.125. The van der Waals surface area contributed by atoms with Crippen LogP contribution >= 0.6 is 0 Å². The van der Waals surface area contributed by atoms with Gasteiger partial charge in [-0.05, 0) is 10.8 Å². The molecule has 0 saturated carbocycles. The van der Waals surface area contributed by atoms with Crippen molar-refractivity contribution in [3.05, 3.63) is 48.0 Å². The topological polar surface area (TPSA) is 82.9 Å². The van der Waals surface area contributed by atoms with E-state index >= 15 is 0 Å². The van der Waals surface area contributed by atoms with Crippen molar-refractivity contribution in [2.45, 2.75) is 12.8 Å². The van der Waals surface area contributed by atoms with E-state index in [2.05, 4.69) is 21.1 Å². The number of hydrogen-bond acceptors (Lipinski definition) is 4. The van der Waals surface area contributed by atoms with Gasteiger partial charge in [-0.2, -0.15) is 10.2 Å². The molecule has 1 heterocycles. The highest BCUT2D eigenvalue weighted by Crippen LogP contribution is 2.16. The van der Waals surface area contributed by atoms with E-state index in [9.17, 15) is 9.59 Å². The Kier molecular flexibility index (Phi) is 3.91. The average molecular weight is 294 g/mol. The molecule has 0 unspecified atom stereocenters. The molecule has 1 aliphatic rings. The van der Waals surface area contributed by atoms with Crippen LogP contribution in [-0.2, 0) is 9.59 Å². The van der Waals surface area contributed by atoms with E-state index in [0.717, 1.165) is 16.3 Å². The summed E-state index contributed by atoms with van der Waals surface area (Å²) >= 11 is 0. The molecule has 3 rings (SSSR count). The summed E-state index contributed by atoms with van der Waals surface area (Å²) in [5.74, 6) is -0.492. The van der Waals surface area contributed by atoms with Crippen molar-refractivity contribution in [1.29, 1.82) is 0 Å². The molecule has 2 aromatic rings. The van der Waals surface area contributed by atoms with Crippen LogP contribution in [0.15, 0.2) is 52.7 Å². The third-order valence-electron chi connectivity index (χ3n) is 3.28. The summed E-state index contributed by atoms with van der Waals surface area (Å²) in [5, 5.41) is 9.92. The highest BCUT2D eigenvalue weighted by atomic mass is 16.2. The second-order valence-corrected chi connectivity index (χ2v) is 4.93. The molecule has 2 aromatic carbocycles. The van der Waals surface area contributed by atoms with Crippen LogP contribution in [0.3, 0.4) is 0 Å². The van der Waals surface area contributed by atoms with Gasteiger partial charge in [-0.3, -0.25) is 9.59 Å². The van der Waals surface area contributed by atoms with Crippen LogP contribution < -0.4 is 10.9 Å². The summed E-state index contributed by atoms with van der Waals surface area (Å²) in [5.41, 5.74) is 6.20. The molecule has 6 heteroatoms. The van der Waals surface area contributed by atoms with Crippen LogP contribution in [0, 0.1) is 0 Å². The Hall–Kier alpha value is -3.02. The average Bonchev–Trinajstić information content (AvgIpc) is 2.92. The fourth-order valence-electron chi connectivity index (χ4n) is 2.27. The van der Waals surface area contributed by atoms with Crippen molar-refractivity contribution in [3.8, 4) is 0 Å². The maximum absolute atomic E-state index is 11.7. The smallest absolute Gasteiger partial charge is 0.245 e. The lowest BCUT2D eigenvalue weighted by atomic mass is 10.1. The van der Waals surface area contributed by atoms with Crippen molar-refractivity contribution in [2.24, 2.45) is 10.2 Å². The quantitative estimate of drug-likeness (QED) is 0.662. The van der Waals surface area contributed by atoms with Gasteiger partial charge in [-0.15, -0.1) is 0 Å². The van der Waals surface area contributed by atoms with E-state index in [1.54, 1.807) is 6.21 Å². The monoisotopic (exact) mass is 294 g/mol. The first-order valence-electron chi connectivity index (χ1n) is 6.86. The Labute approximate surface area is 126 Å². The molecule has 0 fully saturated rings. The number of hydrogen-bond donors (Lipinski definition) is 2. The summed E-state index contributed by atoms with van der Waals surface area (Å²) in [7, 11) is 0. The lowest BCUT2D eigenvalue weighted by Crippen LogP contribution is -2.20. The van der Waals surface area contributed by atoms with Crippen molar-refractivity contribution in [1.82, 2.24) is 10.9 Å². The van der Waals surface area contributed by atoms with Crippen molar-refractivity contribution < 1.29 is 9.59 Å². The minimum absolute atomic E-state index is 0.0611. The van der Waals surface area contributed by atoms with Gasteiger partial charge in [0.05, 0.1) is 24.8 Å². The number of amides is 2. The Morgan fingerprint density at radius 3 is 2.91 bits per heavy atom. The van der Waals surface area contributed by atoms with E-state index in [1.165, 1.54) is 0 Å². The Bertz CT molecular complexity index is 790. The van der Waals surface area contributed by atoms with Crippen molar-refractivity contribution >= 4 is 34.5 Å². The number of carbonyl (C=O) groups is 2. The summed E-state index contributed by atoms with van der Waals surface area (Å²) < 4.78 is 0. The first-order chi connectivity index (χ1) is 10.7. The molecule has 0 spiro atoms. The van der Waals surface area contributed by atoms with Gasteiger partial charge in [0.1, 0.15) is 0 Å². The number of fused-ring (bicyclic) bond motifs is 1. The van der Waals surface area contributed by atoms with Crippen LogP contribution in [0.1, 0.15) is 18.4 Å². The van der Waals surface area contributed by atoms with Gasteiger partial charge in [0.15, 0.2) is 0 Å². The molecule has 2 amide bonds. The van der Waals surface area contributed by atoms with E-state index in [1.807, 2.05) is 42.5 Å². The first kappa shape index (κ1) is 13.9. The van der Waals surface area contributed by atoms with Gasteiger partial charge in [-0.25, -0.2) is 10.9 Å². The van der Waals surface area contributed by atoms with Gasteiger partial charge >= 0.3 is 0 Å². The van der Waals surface area contributed by atoms with Crippen molar-refractivity contribution in [3.63, 3.8) is 0 Å². The second-order valence-electron chi connectivity index (χ2n) is 4.93. The Morgan fingerprint density at radius 1 is 1.27 bits per heavy atom. The molecule has 0 aliphatic carbocycles. The maximum atomic E-state index is 11.7. The normalized spacial score (nSPS) is 14.2. The number of carbonyl (C=O) groups excluding carboxylic acids is 2. The minimum Gasteiger partial charge on any atom is -0.273 e. The van der Waals surface area contributed by atoms with Crippen LogP contribution in [0.5, 0.6) is 0 Å². The van der Waals surface area contributed by atoms with E-state index in [4.69, 9.17) is 0 Å². The first-order valence-corrected chi connectivity index (χ1v) is 6.86. The second kappa shape index (κ2) is 6.17. The number of benzene rings is 2. The lowest BCUT2D eigenvalue weighted by Gasteiger charge is -2.02. The van der Waals surface area contributed by atoms with Crippen molar-refractivity contribution in [2.75, 3.05) is 0 Å². The zero-order chi connectivity index (χ0) is 15.4. The van der Waals surface area contributed by atoms with Gasteiger partial charge in [0, 0.05) is 5.56 Å². The van der Waals surface area contributed by atoms with Crippen LogP contribution in [-0.4, -0.2) is 23.7 Å². The van der Waals surface area contributed by atoms with Gasteiger partial charge in [0.25, 0.3) is 0 Å². The number of rotatable bonds is 4. The minimum atomic E-state index is -0.299. The molecule has 1 aliphatic heterocycles. The summed E-state index contributed by atoms with van der Waals surface area (Å²) in [6.45, 7) is 0. The van der Waals surface area contributed by atoms with E-state index in [-0.39, 0.29) is 24.7 Å². The summed E-state index contributed by atoms with van der Waals surface area (Å²) in [6, 6.07) is 13.9. The van der Waals surface area contributed by atoms with Gasteiger partial charge in [0.2, 0.25) is 11.8 Å². The molecular weight excluding hydrogens is 280 g/mol. The third-order valence-corrected chi connectivity index (χ3v) is 3.28. The molecule has 0 bridgehead atoms. The summed E-state index contributed by atoms with van der Waals surface area (Å²) in [4.78, 5) is 22.7. The molecular formula is C16H14N4O2. The van der Waals surface area contributed by atoms with Crippen LogP contribution in [0.4, 0.5) is 0 Å². The predicted octanol–water partition coefficient (Wildman–Crippen LogP) is 1.56. The fourth-order valence-corrected chi connectivity index (χ4v) is 2.27. The molecule has 6 nitrogen and oxygen atoms in total. The number of hydrazone groups is 2. The standard InChI is InChI=1S/C16H14N4O2/c21-15(8-13-9-16(22)20-18-13)19-17-10-12-6-3-5-11-4-1-2-7-14(11)12/h1-7,10H,8-9H2,(H,19,21)(H,20,22)/b17-10+. The molecule has 22 heavy (non-hydrogen) atoms. The zero-order valence-electron chi connectivity index (χ0n) is 11.7. The highest BCUT2D eigenvalue weighted by Gasteiger charge is 2.16. The molecule has 0 aromatic heterocycles. The van der Waals surface area contributed by atoms with Gasteiger partial charge in [-0.1, -0.05) is 42.5 Å². The molecule has 0 radical (unpaired) electrons. The van der Waals surface area contributed by atoms with Crippen LogP contribution in [0.25, 0.3) is 10.8 Å². The Morgan fingerprint density at radius 2 is 2.09 bits per heavy atom.